The lowest BCUT2D eigenvalue weighted by Gasteiger charge is -2.32. The van der Waals surface area contributed by atoms with Crippen LogP contribution >= 0.6 is 27.5 Å². The Hall–Kier alpha value is -1.40. The second-order valence-corrected chi connectivity index (χ2v) is 7.09. The topological polar surface area (TPSA) is 61.9 Å². The molecule has 122 valence electrons. The van der Waals surface area contributed by atoms with Gasteiger partial charge < -0.3 is 9.88 Å². The molecule has 0 saturated carbocycles. The third-order valence-electron chi connectivity index (χ3n) is 4.28. The van der Waals surface area contributed by atoms with Gasteiger partial charge in [-0.3, -0.25) is 4.79 Å². The number of Topliss-reactive ketones (excluding diaryl/α,β-unsaturated/α-hetero) is 1. The average molecular weight is 398 g/mol. The molecule has 2 aromatic heterocycles. The van der Waals surface area contributed by atoms with Crippen molar-refractivity contribution < 1.29 is 4.79 Å². The summed E-state index contributed by atoms with van der Waals surface area (Å²) in [6.07, 6.45) is 4.22. The van der Waals surface area contributed by atoms with E-state index in [-0.39, 0.29) is 11.1 Å². The molecule has 2 aromatic rings. The predicted molar refractivity (Wildman–Crippen MR) is 94.2 cm³/mol. The summed E-state index contributed by atoms with van der Waals surface area (Å²) in [5, 5.41) is 0.271. The van der Waals surface area contributed by atoms with Gasteiger partial charge in [-0.15, -0.1) is 0 Å². The van der Waals surface area contributed by atoms with Crippen LogP contribution in [0.25, 0.3) is 0 Å². The Kier molecular flexibility index (Phi) is 5.02. The van der Waals surface area contributed by atoms with Gasteiger partial charge in [0.25, 0.3) is 0 Å². The third-order valence-corrected chi connectivity index (χ3v) is 5.28. The van der Waals surface area contributed by atoms with Crippen molar-refractivity contribution in [3.8, 4) is 0 Å². The average Bonchev–Trinajstić information content (AvgIpc) is 2.88. The van der Waals surface area contributed by atoms with Crippen LogP contribution in [0.1, 0.15) is 35.4 Å². The van der Waals surface area contributed by atoms with Crippen molar-refractivity contribution >= 4 is 39.1 Å². The number of aromatic amines is 1. The summed E-state index contributed by atoms with van der Waals surface area (Å²) in [7, 11) is 0. The SMILES string of the molecule is Cc1[nH]c(C(=O)CC2CCN(c3ccnc(Cl)n3)CC2)cc1Br. The molecule has 0 amide bonds. The molecule has 1 aliphatic heterocycles. The van der Waals surface area contributed by atoms with Crippen LogP contribution in [0.3, 0.4) is 0 Å². The van der Waals surface area contributed by atoms with Crippen LogP contribution in [-0.2, 0) is 0 Å². The molecule has 1 N–H and O–H groups in total. The van der Waals surface area contributed by atoms with Crippen molar-refractivity contribution in [1.29, 1.82) is 0 Å². The number of nitrogens with one attached hydrogen (secondary N) is 1. The number of nitrogens with zero attached hydrogens (tertiary/aromatic N) is 3. The number of aryl methyl sites for hydroxylation is 1. The lowest BCUT2D eigenvalue weighted by atomic mass is 9.91. The van der Waals surface area contributed by atoms with Crippen molar-refractivity contribution in [2.75, 3.05) is 18.0 Å². The van der Waals surface area contributed by atoms with Gasteiger partial charge in [-0.25, -0.2) is 9.97 Å². The number of hydrogen-bond donors (Lipinski definition) is 1. The van der Waals surface area contributed by atoms with Gasteiger partial charge in [-0.1, -0.05) is 0 Å². The van der Waals surface area contributed by atoms with Crippen LogP contribution in [0.2, 0.25) is 5.28 Å². The largest absolute Gasteiger partial charge is 0.356 e. The van der Waals surface area contributed by atoms with E-state index in [1.165, 1.54) is 0 Å². The van der Waals surface area contributed by atoms with Gasteiger partial charge in [0.2, 0.25) is 5.28 Å². The summed E-state index contributed by atoms with van der Waals surface area (Å²) in [4.78, 5) is 25.9. The first-order valence-corrected chi connectivity index (χ1v) is 8.82. The number of carbonyl (C=O) groups is 1. The number of H-pyrrole nitrogens is 1. The molecule has 7 heteroatoms. The van der Waals surface area contributed by atoms with Crippen molar-refractivity contribution in [3.05, 3.63) is 39.5 Å². The fraction of sp³-hybridized carbons (Fsp3) is 0.438. The minimum Gasteiger partial charge on any atom is -0.356 e. The zero-order chi connectivity index (χ0) is 16.4. The van der Waals surface area contributed by atoms with Crippen LogP contribution in [0.4, 0.5) is 5.82 Å². The molecule has 1 aliphatic rings. The zero-order valence-corrected chi connectivity index (χ0v) is 15.2. The van der Waals surface area contributed by atoms with Crippen molar-refractivity contribution in [3.63, 3.8) is 0 Å². The number of aromatic nitrogens is 3. The molecule has 3 heterocycles. The third kappa shape index (κ3) is 3.93. The van der Waals surface area contributed by atoms with E-state index in [1.807, 2.05) is 19.1 Å². The standard InChI is InChI=1S/C16H18BrClN4O/c1-10-12(17)9-13(20-10)14(23)8-11-3-6-22(7-4-11)15-2-5-19-16(18)21-15/h2,5,9,11,20H,3-4,6-8H2,1H3. The van der Waals surface area contributed by atoms with Crippen LogP contribution in [0, 0.1) is 12.8 Å². The Balaban J connectivity index is 1.56. The first-order valence-electron chi connectivity index (χ1n) is 7.64. The lowest BCUT2D eigenvalue weighted by Crippen LogP contribution is -2.35. The Morgan fingerprint density at radius 2 is 2.22 bits per heavy atom. The van der Waals surface area contributed by atoms with Gasteiger partial charge in [0.05, 0.1) is 5.69 Å². The maximum absolute atomic E-state index is 12.4. The molecular weight excluding hydrogens is 380 g/mol. The molecule has 1 fully saturated rings. The van der Waals surface area contributed by atoms with E-state index in [4.69, 9.17) is 11.6 Å². The van der Waals surface area contributed by atoms with E-state index in [9.17, 15) is 4.79 Å². The Bertz CT molecular complexity index is 690. The number of rotatable bonds is 4. The maximum Gasteiger partial charge on any atom is 0.224 e. The number of halogens is 2. The molecule has 3 rings (SSSR count). The highest BCUT2D eigenvalue weighted by molar-refractivity contribution is 9.10. The van der Waals surface area contributed by atoms with E-state index < -0.39 is 0 Å². The minimum absolute atomic E-state index is 0.183. The first-order chi connectivity index (χ1) is 11.0. The molecule has 23 heavy (non-hydrogen) atoms. The lowest BCUT2D eigenvalue weighted by molar-refractivity contribution is 0.0950. The molecule has 0 radical (unpaired) electrons. The van der Waals surface area contributed by atoms with E-state index in [0.717, 1.165) is 41.9 Å². The number of anilines is 1. The Morgan fingerprint density at radius 1 is 1.48 bits per heavy atom. The molecule has 5 nitrogen and oxygen atoms in total. The molecule has 1 saturated heterocycles. The molecule has 0 unspecified atom stereocenters. The van der Waals surface area contributed by atoms with E-state index in [1.54, 1.807) is 6.20 Å². The molecule has 0 aliphatic carbocycles. The minimum atomic E-state index is 0.183. The first kappa shape index (κ1) is 16.5. The Morgan fingerprint density at radius 3 is 2.83 bits per heavy atom. The molecular formula is C16H18BrClN4O. The predicted octanol–water partition coefficient (Wildman–Crippen LogP) is 4.02. The highest BCUT2D eigenvalue weighted by atomic mass is 79.9. The molecule has 0 bridgehead atoms. The number of piperidine rings is 1. The van der Waals surface area contributed by atoms with Crippen molar-refractivity contribution in [2.45, 2.75) is 26.2 Å². The van der Waals surface area contributed by atoms with Gasteiger partial charge >= 0.3 is 0 Å². The van der Waals surface area contributed by atoms with Crippen LogP contribution in [0.15, 0.2) is 22.8 Å². The Labute approximate surface area is 148 Å². The fourth-order valence-electron chi connectivity index (χ4n) is 2.92. The van der Waals surface area contributed by atoms with E-state index in [2.05, 4.69) is 35.8 Å². The number of ketones is 1. The second-order valence-electron chi connectivity index (χ2n) is 5.90. The normalized spacial score (nSPS) is 15.9. The maximum atomic E-state index is 12.4. The van der Waals surface area contributed by atoms with E-state index >= 15 is 0 Å². The summed E-state index contributed by atoms with van der Waals surface area (Å²) < 4.78 is 0.955. The summed E-state index contributed by atoms with van der Waals surface area (Å²) in [6.45, 7) is 3.73. The zero-order valence-electron chi connectivity index (χ0n) is 12.9. The molecule has 0 spiro atoms. The quantitative estimate of drug-likeness (QED) is 0.625. The summed E-state index contributed by atoms with van der Waals surface area (Å²) >= 11 is 9.28. The van der Waals surface area contributed by atoms with Crippen LogP contribution in [0.5, 0.6) is 0 Å². The van der Waals surface area contributed by atoms with Gasteiger partial charge in [0.1, 0.15) is 5.82 Å². The van der Waals surface area contributed by atoms with Crippen LogP contribution in [-0.4, -0.2) is 33.8 Å². The van der Waals surface area contributed by atoms with E-state index in [0.29, 0.717) is 18.0 Å². The molecule has 0 atom stereocenters. The number of hydrogen-bond acceptors (Lipinski definition) is 4. The van der Waals surface area contributed by atoms with Gasteiger partial charge in [0.15, 0.2) is 5.78 Å². The van der Waals surface area contributed by atoms with Gasteiger partial charge in [-0.2, -0.15) is 0 Å². The van der Waals surface area contributed by atoms with Gasteiger partial charge in [-0.05, 0) is 65.3 Å². The fourth-order valence-corrected chi connectivity index (χ4v) is 3.39. The highest BCUT2D eigenvalue weighted by Crippen LogP contribution is 2.26. The summed E-state index contributed by atoms with van der Waals surface area (Å²) in [6, 6.07) is 3.74. The second kappa shape index (κ2) is 7.01. The molecule has 0 aromatic carbocycles. The van der Waals surface area contributed by atoms with Crippen LogP contribution < -0.4 is 4.90 Å². The van der Waals surface area contributed by atoms with Gasteiger partial charge in [0, 0.05) is 35.9 Å². The van der Waals surface area contributed by atoms with Crippen molar-refractivity contribution in [2.24, 2.45) is 5.92 Å². The highest BCUT2D eigenvalue weighted by Gasteiger charge is 2.23. The smallest absolute Gasteiger partial charge is 0.224 e. The summed E-state index contributed by atoms with van der Waals surface area (Å²) in [5.74, 6) is 1.46. The van der Waals surface area contributed by atoms with Crippen molar-refractivity contribution in [1.82, 2.24) is 15.0 Å². The number of carbonyl (C=O) groups excluding carboxylic acids is 1. The monoisotopic (exact) mass is 396 g/mol. The summed E-state index contributed by atoms with van der Waals surface area (Å²) in [5.41, 5.74) is 1.68.